The van der Waals surface area contributed by atoms with Gasteiger partial charge in [0.1, 0.15) is 23.9 Å². The Kier molecular flexibility index (Phi) is 8.03. The minimum atomic E-state index is -1.19. The predicted octanol–water partition coefficient (Wildman–Crippen LogP) is 4.69. The highest BCUT2D eigenvalue weighted by Crippen LogP contribution is 2.36. The van der Waals surface area contributed by atoms with E-state index in [1.54, 1.807) is 95.6 Å². The number of benzene rings is 3. The number of esters is 3. The van der Waals surface area contributed by atoms with E-state index in [0.29, 0.717) is 16.7 Å². The van der Waals surface area contributed by atoms with Crippen LogP contribution in [0.2, 0.25) is 0 Å². The second-order valence-corrected chi connectivity index (χ2v) is 9.94. The van der Waals surface area contributed by atoms with Crippen LogP contribution >= 0.6 is 12.2 Å². The smallest absolute Gasteiger partial charge is 0.338 e. The van der Waals surface area contributed by atoms with Crippen molar-refractivity contribution in [1.29, 1.82) is 0 Å². The molecule has 0 amide bonds. The lowest BCUT2D eigenvalue weighted by Crippen LogP contribution is -2.41. The average molecular weight is 597 g/mol. The minimum absolute atomic E-state index is 0.253. The van der Waals surface area contributed by atoms with Crippen LogP contribution in [0.1, 0.15) is 37.3 Å². The van der Waals surface area contributed by atoms with Crippen molar-refractivity contribution in [3.8, 4) is 0 Å². The lowest BCUT2D eigenvalue weighted by Gasteiger charge is -2.25. The summed E-state index contributed by atoms with van der Waals surface area (Å²) >= 11 is 5.32. The first-order valence-corrected chi connectivity index (χ1v) is 13.7. The molecule has 1 aliphatic rings. The maximum Gasteiger partial charge on any atom is 0.338 e. The van der Waals surface area contributed by atoms with E-state index in [1.807, 2.05) is 0 Å². The normalized spacial score (nSPS) is 19.5. The molecule has 0 spiro atoms. The largest absolute Gasteiger partial charge is 0.459 e. The zero-order valence-corrected chi connectivity index (χ0v) is 23.3. The van der Waals surface area contributed by atoms with Crippen molar-refractivity contribution in [2.45, 2.75) is 24.5 Å². The van der Waals surface area contributed by atoms with Crippen LogP contribution in [0.5, 0.6) is 0 Å². The molecular weight excluding hydrogens is 572 g/mol. The minimum Gasteiger partial charge on any atom is -0.459 e. The molecule has 1 saturated heterocycles. The van der Waals surface area contributed by atoms with Gasteiger partial charge >= 0.3 is 17.9 Å². The second-order valence-electron chi connectivity index (χ2n) is 9.56. The van der Waals surface area contributed by atoms with Crippen molar-refractivity contribution >= 4 is 41.3 Å². The number of carbonyl (C=O) groups excluding carboxylic acids is 3. The second kappa shape index (κ2) is 12.3. The highest BCUT2D eigenvalue weighted by molar-refractivity contribution is 7.71. The first kappa shape index (κ1) is 27.9. The van der Waals surface area contributed by atoms with Crippen LogP contribution < -0.4 is 0 Å². The van der Waals surface area contributed by atoms with Gasteiger partial charge in [-0.1, -0.05) is 66.8 Å². The van der Waals surface area contributed by atoms with Gasteiger partial charge in [0.25, 0.3) is 0 Å². The van der Waals surface area contributed by atoms with E-state index in [2.05, 4.69) is 15.0 Å². The molecule has 11 nitrogen and oxygen atoms in total. The van der Waals surface area contributed by atoms with E-state index >= 15 is 0 Å². The summed E-state index contributed by atoms with van der Waals surface area (Å²) in [6.07, 6.45) is -1.58. The third-order valence-corrected chi connectivity index (χ3v) is 7.13. The molecule has 1 fully saturated rings. The third-order valence-electron chi connectivity index (χ3n) is 6.83. The number of nitrogens with zero attached hydrogens (tertiary/aromatic N) is 3. The summed E-state index contributed by atoms with van der Waals surface area (Å²) in [5.74, 6) is -1.93. The zero-order chi connectivity index (χ0) is 29.8. The van der Waals surface area contributed by atoms with Crippen molar-refractivity contribution < 1.29 is 33.3 Å². The number of hydrogen-bond donors (Lipinski definition) is 1. The molecule has 0 aliphatic carbocycles. The molecule has 43 heavy (non-hydrogen) atoms. The van der Waals surface area contributed by atoms with Crippen molar-refractivity contribution in [3.63, 3.8) is 0 Å². The Labute approximate surface area is 250 Å². The monoisotopic (exact) mass is 596 g/mol. The maximum atomic E-state index is 13.3. The van der Waals surface area contributed by atoms with Crippen molar-refractivity contribution in [3.05, 3.63) is 125 Å². The summed E-state index contributed by atoms with van der Waals surface area (Å²) in [4.78, 5) is 50.8. The van der Waals surface area contributed by atoms with Gasteiger partial charge in [0.2, 0.25) is 0 Å². The summed E-state index contributed by atoms with van der Waals surface area (Å²) in [5, 5.41) is 0. The molecule has 4 atom stereocenters. The van der Waals surface area contributed by atoms with E-state index in [-0.39, 0.29) is 22.4 Å². The van der Waals surface area contributed by atoms with Crippen LogP contribution in [0.4, 0.5) is 0 Å². The molecule has 0 bridgehead atoms. The Balaban J connectivity index is 1.37. The number of aromatic amines is 1. The molecule has 2 aromatic heterocycles. The number of nitrogens with one attached hydrogen (secondary N) is 1. The highest BCUT2D eigenvalue weighted by Gasteiger charge is 2.51. The van der Waals surface area contributed by atoms with Crippen LogP contribution in [0.3, 0.4) is 0 Å². The predicted molar refractivity (Wildman–Crippen MR) is 155 cm³/mol. The molecule has 12 heteroatoms. The quantitative estimate of drug-likeness (QED) is 0.153. The van der Waals surface area contributed by atoms with Crippen molar-refractivity contribution in [1.82, 2.24) is 19.5 Å². The lowest BCUT2D eigenvalue weighted by molar-refractivity contribution is -0.0606. The van der Waals surface area contributed by atoms with E-state index in [1.165, 1.54) is 12.7 Å². The van der Waals surface area contributed by atoms with Crippen LogP contribution in [-0.4, -0.2) is 62.3 Å². The van der Waals surface area contributed by atoms with Crippen LogP contribution in [-0.2, 0) is 18.9 Å². The topological polar surface area (TPSA) is 135 Å². The number of hydrogen-bond acceptors (Lipinski definition) is 10. The van der Waals surface area contributed by atoms with Crippen molar-refractivity contribution in [2.75, 3.05) is 6.61 Å². The van der Waals surface area contributed by atoms with Gasteiger partial charge in [-0.05, 0) is 36.4 Å². The average Bonchev–Trinajstić information content (AvgIpc) is 3.63. The third kappa shape index (κ3) is 5.92. The SMILES string of the molecule is O=C(OC[C@@H]1O[C@H](n2cnc3c(=S)nc[nH]c32)[C@@H](OC(=O)c2ccccc2)[C@@H]1OC(=O)c1ccccc1)c1ccccc1. The molecule has 1 N–H and O–H groups in total. The Morgan fingerprint density at radius 1 is 0.767 bits per heavy atom. The molecule has 0 radical (unpaired) electrons. The van der Waals surface area contributed by atoms with Gasteiger partial charge in [0.15, 0.2) is 23.1 Å². The number of fused-ring (bicyclic) bond motifs is 1. The first-order valence-electron chi connectivity index (χ1n) is 13.3. The summed E-state index contributed by atoms with van der Waals surface area (Å²) in [6.45, 7) is -0.305. The molecule has 0 unspecified atom stereocenters. The fraction of sp³-hybridized carbons (Fsp3) is 0.161. The fourth-order valence-corrected chi connectivity index (χ4v) is 4.95. The Hall–Kier alpha value is -5.20. The molecule has 3 heterocycles. The number of aromatic nitrogens is 4. The molecule has 6 rings (SSSR count). The van der Waals surface area contributed by atoms with Gasteiger partial charge in [-0.25, -0.2) is 24.4 Å². The van der Waals surface area contributed by atoms with E-state index < -0.39 is 42.4 Å². The van der Waals surface area contributed by atoms with Gasteiger partial charge in [-0.15, -0.1) is 0 Å². The molecular formula is C31H24N4O7S. The summed E-state index contributed by atoms with van der Waals surface area (Å²) in [5.41, 5.74) is 1.74. The summed E-state index contributed by atoms with van der Waals surface area (Å²) in [6, 6.07) is 25.2. The number of ether oxygens (including phenoxy) is 4. The van der Waals surface area contributed by atoms with E-state index in [0.717, 1.165) is 0 Å². The van der Waals surface area contributed by atoms with Gasteiger partial charge in [0.05, 0.1) is 29.3 Å². The Morgan fingerprint density at radius 2 is 1.30 bits per heavy atom. The highest BCUT2D eigenvalue weighted by atomic mass is 32.1. The van der Waals surface area contributed by atoms with Crippen LogP contribution in [0, 0.1) is 4.64 Å². The molecule has 1 aliphatic heterocycles. The lowest BCUT2D eigenvalue weighted by atomic mass is 10.1. The molecule has 3 aromatic carbocycles. The standard InChI is InChI=1S/C31H24N4O7S/c36-29(19-10-4-1-5-11-19)39-16-22-24(41-30(37)20-12-6-2-7-13-20)25(42-31(38)21-14-8-3-9-15-21)28(40-22)35-18-34-23-26(35)32-17-33-27(23)43/h1-15,17-18,22,24-25,28H,16H2,(H,32,33,43)/t22-,24+,25-,28-/m0/s1. The summed E-state index contributed by atoms with van der Waals surface area (Å²) in [7, 11) is 0. The fourth-order valence-electron chi connectivity index (χ4n) is 4.75. The first-order chi connectivity index (χ1) is 21.0. The van der Waals surface area contributed by atoms with E-state index in [4.69, 9.17) is 31.2 Å². The molecule has 0 saturated carbocycles. The van der Waals surface area contributed by atoms with Gasteiger partial charge in [-0.2, -0.15) is 0 Å². The summed E-state index contributed by atoms with van der Waals surface area (Å²) < 4.78 is 25.7. The number of rotatable bonds is 8. The molecule has 216 valence electrons. The van der Waals surface area contributed by atoms with E-state index in [9.17, 15) is 14.4 Å². The van der Waals surface area contributed by atoms with Gasteiger partial charge < -0.3 is 23.9 Å². The number of imidazole rings is 1. The zero-order valence-electron chi connectivity index (χ0n) is 22.4. The van der Waals surface area contributed by atoms with Crippen LogP contribution in [0.15, 0.2) is 104 Å². The molecule has 5 aromatic rings. The van der Waals surface area contributed by atoms with Crippen molar-refractivity contribution in [2.24, 2.45) is 0 Å². The number of carbonyl (C=O) groups is 3. The number of H-pyrrole nitrogens is 1. The Morgan fingerprint density at radius 3 is 1.88 bits per heavy atom. The van der Waals surface area contributed by atoms with Gasteiger partial charge in [0, 0.05) is 0 Å². The Bertz CT molecular complexity index is 1810. The van der Waals surface area contributed by atoms with Crippen LogP contribution in [0.25, 0.3) is 11.2 Å². The van der Waals surface area contributed by atoms with Gasteiger partial charge in [-0.3, -0.25) is 4.57 Å². The maximum absolute atomic E-state index is 13.3.